The number of carboxylic acid groups (broad SMARTS) is 1. The van der Waals surface area contributed by atoms with Crippen LogP contribution in [0.4, 0.5) is 0 Å². The van der Waals surface area contributed by atoms with Gasteiger partial charge < -0.3 is 5.11 Å². The van der Waals surface area contributed by atoms with Crippen molar-refractivity contribution in [3.63, 3.8) is 0 Å². The monoisotopic (exact) mass is 232 g/mol. The van der Waals surface area contributed by atoms with Crippen LogP contribution in [-0.2, 0) is 4.79 Å². The Morgan fingerprint density at radius 2 is 2.12 bits per heavy atom. The van der Waals surface area contributed by atoms with Crippen LogP contribution < -0.4 is 0 Å². The number of aromatic nitrogens is 4. The third kappa shape index (κ3) is 2.01. The zero-order valence-electron chi connectivity index (χ0n) is 9.53. The number of hydrogen-bond acceptors (Lipinski definition) is 4. The summed E-state index contributed by atoms with van der Waals surface area (Å²) in [4.78, 5) is 10.9. The highest BCUT2D eigenvalue weighted by atomic mass is 16.4. The van der Waals surface area contributed by atoms with Crippen LogP contribution in [-0.4, -0.2) is 31.3 Å². The van der Waals surface area contributed by atoms with Crippen molar-refractivity contribution in [2.24, 2.45) is 0 Å². The van der Waals surface area contributed by atoms with E-state index in [1.54, 1.807) is 6.92 Å². The highest BCUT2D eigenvalue weighted by Crippen LogP contribution is 2.22. The van der Waals surface area contributed by atoms with E-state index in [0.29, 0.717) is 5.82 Å². The van der Waals surface area contributed by atoms with Crippen LogP contribution in [0.5, 0.6) is 0 Å². The summed E-state index contributed by atoms with van der Waals surface area (Å²) in [5.74, 6) is -0.495. The summed E-state index contributed by atoms with van der Waals surface area (Å²) >= 11 is 0. The Balaban J connectivity index is 2.51. The van der Waals surface area contributed by atoms with E-state index in [4.69, 9.17) is 5.11 Å². The fourth-order valence-corrected chi connectivity index (χ4v) is 1.56. The maximum Gasteiger partial charge on any atom is 0.328 e. The van der Waals surface area contributed by atoms with E-state index < -0.39 is 12.0 Å². The van der Waals surface area contributed by atoms with Gasteiger partial charge in [0.05, 0.1) is 0 Å². The number of carboxylic acids is 1. The van der Waals surface area contributed by atoms with Crippen LogP contribution in [0.3, 0.4) is 0 Å². The molecule has 0 radical (unpaired) electrons. The standard InChI is InChI=1S/C11H12N4O2/c1-7-5-3-4-6-9(7)10-12-13-14-15(10)8(2)11(16)17/h3-6,8H,1-2H3,(H,16,17). The lowest BCUT2D eigenvalue weighted by Crippen LogP contribution is -2.18. The average molecular weight is 232 g/mol. The van der Waals surface area contributed by atoms with Gasteiger partial charge in [-0.2, -0.15) is 0 Å². The molecule has 6 nitrogen and oxygen atoms in total. The second-order valence-electron chi connectivity index (χ2n) is 3.78. The van der Waals surface area contributed by atoms with Crippen molar-refractivity contribution < 1.29 is 9.90 Å². The summed E-state index contributed by atoms with van der Waals surface area (Å²) in [6, 6.07) is 6.78. The minimum atomic E-state index is -0.966. The van der Waals surface area contributed by atoms with Crippen LogP contribution in [0, 0.1) is 6.92 Å². The van der Waals surface area contributed by atoms with Gasteiger partial charge in [0.1, 0.15) is 0 Å². The molecular weight excluding hydrogens is 220 g/mol. The minimum Gasteiger partial charge on any atom is -0.480 e. The maximum atomic E-state index is 10.9. The third-order valence-corrected chi connectivity index (χ3v) is 2.60. The Kier molecular flexibility index (Phi) is 2.86. The van der Waals surface area contributed by atoms with Gasteiger partial charge >= 0.3 is 5.97 Å². The highest BCUT2D eigenvalue weighted by Gasteiger charge is 2.20. The number of hydrogen-bond donors (Lipinski definition) is 1. The molecule has 1 unspecified atom stereocenters. The molecule has 0 aliphatic heterocycles. The van der Waals surface area contributed by atoms with Gasteiger partial charge in [0.25, 0.3) is 0 Å². The molecule has 2 aromatic rings. The minimum absolute atomic E-state index is 0.470. The first kappa shape index (κ1) is 11.3. The van der Waals surface area contributed by atoms with Gasteiger partial charge in [0.2, 0.25) is 0 Å². The van der Waals surface area contributed by atoms with Gasteiger partial charge in [-0.1, -0.05) is 24.3 Å². The molecule has 0 fully saturated rings. The zero-order chi connectivity index (χ0) is 12.4. The highest BCUT2D eigenvalue weighted by molar-refractivity contribution is 5.72. The van der Waals surface area contributed by atoms with Gasteiger partial charge in [-0.05, 0) is 29.8 Å². The number of aliphatic carboxylic acids is 1. The van der Waals surface area contributed by atoms with Crippen LogP contribution in [0.2, 0.25) is 0 Å². The molecule has 0 bridgehead atoms. The molecule has 0 saturated heterocycles. The molecule has 88 valence electrons. The van der Waals surface area contributed by atoms with Crippen molar-refractivity contribution in [1.82, 2.24) is 20.2 Å². The lowest BCUT2D eigenvalue weighted by molar-refractivity contribution is -0.140. The molecule has 1 aromatic carbocycles. The number of tetrazole rings is 1. The first-order valence-electron chi connectivity index (χ1n) is 5.18. The van der Waals surface area contributed by atoms with E-state index in [1.165, 1.54) is 4.68 Å². The summed E-state index contributed by atoms with van der Waals surface area (Å²) in [5.41, 5.74) is 1.84. The van der Waals surface area contributed by atoms with Crippen molar-refractivity contribution in [1.29, 1.82) is 0 Å². The molecule has 1 N–H and O–H groups in total. The molecule has 0 aliphatic carbocycles. The summed E-state index contributed by atoms with van der Waals surface area (Å²) < 4.78 is 1.31. The van der Waals surface area contributed by atoms with Gasteiger partial charge in [0.15, 0.2) is 11.9 Å². The Bertz CT molecular complexity index is 550. The van der Waals surface area contributed by atoms with Crippen molar-refractivity contribution in [2.75, 3.05) is 0 Å². The summed E-state index contributed by atoms with van der Waals surface area (Å²) in [6.45, 7) is 3.47. The van der Waals surface area contributed by atoms with Gasteiger partial charge in [0, 0.05) is 5.56 Å². The molecular formula is C11H12N4O2. The Morgan fingerprint density at radius 1 is 1.41 bits per heavy atom. The lowest BCUT2D eigenvalue weighted by Gasteiger charge is -2.09. The van der Waals surface area contributed by atoms with Gasteiger partial charge in [-0.3, -0.25) is 0 Å². The maximum absolute atomic E-state index is 10.9. The third-order valence-electron chi connectivity index (χ3n) is 2.60. The molecule has 6 heteroatoms. The molecule has 2 rings (SSSR count). The van der Waals surface area contributed by atoms with Crippen LogP contribution in [0.25, 0.3) is 11.4 Å². The number of nitrogens with zero attached hydrogens (tertiary/aromatic N) is 4. The lowest BCUT2D eigenvalue weighted by atomic mass is 10.1. The van der Waals surface area contributed by atoms with Crippen LogP contribution in [0.1, 0.15) is 18.5 Å². The average Bonchev–Trinajstić information content (AvgIpc) is 2.77. The molecule has 1 heterocycles. The van der Waals surface area contributed by atoms with E-state index in [1.807, 2.05) is 31.2 Å². The normalized spacial score (nSPS) is 12.4. The number of benzene rings is 1. The van der Waals surface area contributed by atoms with E-state index in [-0.39, 0.29) is 0 Å². The smallest absolute Gasteiger partial charge is 0.328 e. The molecule has 0 saturated carbocycles. The quantitative estimate of drug-likeness (QED) is 0.862. The second-order valence-corrected chi connectivity index (χ2v) is 3.78. The topological polar surface area (TPSA) is 80.9 Å². The fraction of sp³-hybridized carbons (Fsp3) is 0.273. The molecule has 0 spiro atoms. The summed E-state index contributed by atoms with van der Waals surface area (Å²) in [7, 11) is 0. The van der Waals surface area contributed by atoms with Crippen molar-refractivity contribution in [3.8, 4) is 11.4 Å². The van der Waals surface area contributed by atoms with Gasteiger partial charge in [-0.15, -0.1) is 5.10 Å². The summed E-state index contributed by atoms with van der Waals surface area (Å²) in [6.07, 6.45) is 0. The van der Waals surface area contributed by atoms with Gasteiger partial charge in [-0.25, -0.2) is 9.48 Å². The number of aryl methyl sites for hydroxylation is 1. The molecule has 0 amide bonds. The van der Waals surface area contributed by atoms with Crippen LogP contribution in [0.15, 0.2) is 24.3 Å². The van der Waals surface area contributed by atoms with Crippen molar-refractivity contribution in [2.45, 2.75) is 19.9 Å². The number of carbonyl (C=O) groups is 1. The van der Waals surface area contributed by atoms with E-state index in [2.05, 4.69) is 15.5 Å². The predicted octanol–water partition coefficient (Wildman–Crippen LogP) is 1.29. The first-order chi connectivity index (χ1) is 8.11. The van der Waals surface area contributed by atoms with E-state index in [9.17, 15) is 4.79 Å². The second kappa shape index (κ2) is 4.32. The Hall–Kier alpha value is -2.24. The van der Waals surface area contributed by atoms with Crippen molar-refractivity contribution in [3.05, 3.63) is 29.8 Å². The SMILES string of the molecule is Cc1ccccc1-c1nnnn1C(C)C(=O)O. The predicted molar refractivity (Wildman–Crippen MR) is 60.3 cm³/mol. The summed E-state index contributed by atoms with van der Waals surface area (Å²) in [5, 5.41) is 20.1. The molecule has 17 heavy (non-hydrogen) atoms. The van der Waals surface area contributed by atoms with Crippen molar-refractivity contribution >= 4 is 5.97 Å². The Morgan fingerprint density at radius 3 is 2.76 bits per heavy atom. The zero-order valence-corrected chi connectivity index (χ0v) is 9.53. The molecule has 0 aliphatic rings. The largest absolute Gasteiger partial charge is 0.480 e. The molecule has 1 aromatic heterocycles. The van der Waals surface area contributed by atoms with Crippen LogP contribution >= 0.6 is 0 Å². The molecule has 1 atom stereocenters. The fourth-order valence-electron chi connectivity index (χ4n) is 1.56. The van der Waals surface area contributed by atoms with E-state index >= 15 is 0 Å². The van der Waals surface area contributed by atoms with E-state index in [0.717, 1.165) is 11.1 Å². The Labute approximate surface area is 97.9 Å². The first-order valence-corrected chi connectivity index (χ1v) is 5.18. The number of rotatable bonds is 3.